The molecule has 1 N–H and O–H groups in total. The van der Waals surface area contributed by atoms with Gasteiger partial charge in [-0.05, 0) is 29.8 Å². The van der Waals surface area contributed by atoms with Gasteiger partial charge in [-0.2, -0.15) is 13.2 Å². The highest BCUT2D eigenvalue weighted by molar-refractivity contribution is 5.86. The lowest BCUT2D eigenvalue weighted by Gasteiger charge is -2.28. The highest BCUT2D eigenvalue weighted by Gasteiger charge is 2.51. The van der Waals surface area contributed by atoms with Crippen molar-refractivity contribution >= 4 is 10.8 Å². The van der Waals surface area contributed by atoms with Gasteiger partial charge in [0.1, 0.15) is 5.82 Å². The molecule has 0 amide bonds. The number of rotatable bonds is 1. The first-order chi connectivity index (χ1) is 8.23. The fourth-order valence-electron chi connectivity index (χ4n) is 1.83. The third kappa shape index (κ3) is 1.95. The molecular formula is C13H10F4O. The maximum atomic E-state index is 13.3. The zero-order valence-electron chi connectivity index (χ0n) is 9.42. The van der Waals surface area contributed by atoms with Crippen LogP contribution in [-0.2, 0) is 5.60 Å². The molecule has 0 aromatic heterocycles. The van der Waals surface area contributed by atoms with Crippen molar-refractivity contribution in [1.82, 2.24) is 0 Å². The van der Waals surface area contributed by atoms with E-state index in [0.29, 0.717) is 12.3 Å². The highest BCUT2D eigenvalue weighted by atomic mass is 19.4. The van der Waals surface area contributed by atoms with Crippen LogP contribution in [0.5, 0.6) is 0 Å². The average Bonchev–Trinajstić information content (AvgIpc) is 2.26. The third-order valence-corrected chi connectivity index (χ3v) is 2.90. The lowest BCUT2D eigenvalue weighted by molar-refractivity contribution is -0.258. The first kappa shape index (κ1) is 12.8. The molecule has 0 saturated heterocycles. The summed E-state index contributed by atoms with van der Waals surface area (Å²) in [5.41, 5.74) is -3.57. The van der Waals surface area contributed by atoms with Gasteiger partial charge < -0.3 is 5.11 Å². The molecular weight excluding hydrogens is 248 g/mol. The summed E-state index contributed by atoms with van der Waals surface area (Å²) in [6, 6.07) is 7.89. The molecule has 0 fully saturated rings. The highest BCUT2D eigenvalue weighted by Crippen LogP contribution is 2.41. The molecule has 2 aromatic carbocycles. The van der Waals surface area contributed by atoms with Crippen molar-refractivity contribution < 1.29 is 22.7 Å². The van der Waals surface area contributed by atoms with E-state index in [2.05, 4.69) is 0 Å². The van der Waals surface area contributed by atoms with Crippen LogP contribution >= 0.6 is 0 Å². The van der Waals surface area contributed by atoms with E-state index in [4.69, 9.17) is 0 Å². The number of benzene rings is 2. The number of fused-ring (bicyclic) bond motifs is 1. The summed E-state index contributed by atoms with van der Waals surface area (Å²) in [5, 5.41) is 10.2. The molecule has 0 heterocycles. The van der Waals surface area contributed by atoms with E-state index in [0.717, 1.165) is 12.1 Å². The Balaban J connectivity index is 2.79. The number of hydrogen-bond donors (Lipinski definition) is 1. The lowest BCUT2D eigenvalue weighted by Crippen LogP contribution is -2.39. The summed E-state index contributed by atoms with van der Waals surface area (Å²) in [4.78, 5) is 0. The van der Waals surface area contributed by atoms with Gasteiger partial charge >= 0.3 is 6.18 Å². The monoisotopic (exact) mass is 258 g/mol. The van der Waals surface area contributed by atoms with E-state index >= 15 is 0 Å². The molecule has 5 heteroatoms. The van der Waals surface area contributed by atoms with Gasteiger partial charge in [0.05, 0.1) is 0 Å². The molecule has 1 nitrogen and oxygen atoms in total. The molecule has 2 aromatic rings. The van der Waals surface area contributed by atoms with E-state index < -0.39 is 23.2 Å². The fraction of sp³-hybridized carbons (Fsp3) is 0.231. The SMILES string of the molecule is CC(O)(c1cc(F)cc2ccccc12)C(F)(F)F. The Morgan fingerprint density at radius 1 is 1.06 bits per heavy atom. The minimum absolute atomic E-state index is 0.182. The predicted molar refractivity (Wildman–Crippen MR) is 59.5 cm³/mol. The molecule has 1 atom stereocenters. The van der Waals surface area contributed by atoms with Crippen LogP contribution in [0.4, 0.5) is 17.6 Å². The van der Waals surface area contributed by atoms with E-state index in [-0.39, 0.29) is 5.39 Å². The average molecular weight is 258 g/mol. The van der Waals surface area contributed by atoms with Crippen LogP contribution in [0.25, 0.3) is 10.8 Å². The number of aliphatic hydroxyl groups is 1. The number of hydrogen-bond acceptors (Lipinski definition) is 1. The summed E-state index contributed by atoms with van der Waals surface area (Å²) >= 11 is 0. The van der Waals surface area contributed by atoms with Gasteiger partial charge in [-0.15, -0.1) is 0 Å². The van der Waals surface area contributed by atoms with E-state index in [1.807, 2.05) is 0 Å². The van der Waals surface area contributed by atoms with Crippen molar-refractivity contribution in [3.8, 4) is 0 Å². The summed E-state index contributed by atoms with van der Waals surface area (Å²) in [6.07, 6.45) is -4.87. The normalized spacial score (nSPS) is 15.7. The van der Waals surface area contributed by atoms with Gasteiger partial charge in [-0.25, -0.2) is 4.39 Å². The van der Waals surface area contributed by atoms with Crippen LogP contribution < -0.4 is 0 Å². The van der Waals surface area contributed by atoms with Gasteiger partial charge in [0, 0.05) is 5.56 Å². The van der Waals surface area contributed by atoms with E-state index in [1.165, 1.54) is 18.2 Å². The quantitative estimate of drug-likeness (QED) is 0.772. The van der Waals surface area contributed by atoms with Crippen molar-refractivity contribution in [2.75, 3.05) is 0 Å². The Hall–Kier alpha value is -1.62. The Labute approximate surface area is 101 Å². The van der Waals surface area contributed by atoms with Crippen molar-refractivity contribution in [3.63, 3.8) is 0 Å². The first-order valence-electron chi connectivity index (χ1n) is 5.21. The van der Waals surface area contributed by atoms with Gasteiger partial charge in [-0.3, -0.25) is 0 Å². The maximum absolute atomic E-state index is 13.3. The van der Waals surface area contributed by atoms with Crippen molar-refractivity contribution in [3.05, 3.63) is 47.8 Å². The molecule has 0 aliphatic rings. The molecule has 0 aliphatic heterocycles. The van der Waals surface area contributed by atoms with Crippen molar-refractivity contribution in [1.29, 1.82) is 0 Å². The summed E-state index contributed by atoms with van der Waals surface area (Å²) < 4.78 is 51.8. The maximum Gasteiger partial charge on any atom is 0.421 e. The fourth-order valence-corrected chi connectivity index (χ4v) is 1.83. The third-order valence-electron chi connectivity index (χ3n) is 2.90. The molecule has 0 aliphatic carbocycles. The molecule has 2 rings (SSSR count). The Morgan fingerprint density at radius 2 is 1.67 bits per heavy atom. The molecule has 0 radical (unpaired) electrons. The Bertz CT molecular complexity index is 587. The van der Waals surface area contributed by atoms with Gasteiger partial charge in [0.15, 0.2) is 5.60 Å². The second kappa shape index (κ2) is 3.95. The Kier molecular flexibility index (Phi) is 2.81. The standard InChI is InChI=1S/C13H10F4O/c1-12(18,13(15,16)17)11-7-9(14)6-8-4-2-3-5-10(8)11/h2-7,18H,1H3. The molecule has 0 spiro atoms. The molecule has 0 saturated carbocycles. The topological polar surface area (TPSA) is 20.2 Å². The number of alkyl halides is 3. The lowest BCUT2D eigenvalue weighted by atomic mass is 9.90. The van der Waals surface area contributed by atoms with Crippen LogP contribution in [0, 0.1) is 5.82 Å². The van der Waals surface area contributed by atoms with E-state index in [9.17, 15) is 22.7 Å². The minimum Gasteiger partial charge on any atom is -0.376 e. The van der Waals surface area contributed by atoms with Crippen LogP contribution in [0.3, 0.4) is 0 Å². The zero-order valence-corrected chi connectivity index (χ0v) is 9.42. The first-order valence-corrected chi connectivity index (χ1v) is 5.21. The second-order valence-electron chi connectivity index (χ2n) is 4.24. The van der Waals surface area contributed by atoms with Gasteiger partial charge in [-0.1, -0.05) is 24.3 Å². The second-order valence-corrected chi connectivity index (χ2v) is 4.24. The minimum atomic E-state index is -4.87. The van der Waals surface area contributed by atoms with Crippen molar-refractivity contribution in [2.24, 2.45) is 0 Å². The van der Waals surface area contributed by atoms with Crippen LogP contribution in [0.15, 0.2) is 36.4 Å². The summed E-state index contributed by atoms with van der Waals surface area (Å²) in [7, 11) is 0. The van der Waals surface area contributed by atoms with Crippen LogP contribution in [0.2, 0.25) is 0 Å². The van der Waals surface area contributed by atoms with E-state index in [1.54, 1.807) is 6.07 Å². The smallest absolute Gasteiger partial charge is 0.376 e. The molecule has 18 heavy (non-hydrogen) atoms. The Morgan fingerprint density at radius 3 is 2.28 bits per heavy atom. The zero-order chi connectivity index (χ0) is 13.6. The van der Waals surface area contributed by atoms with Crippen LogP contribution in [-0.4, -0.2) is 11.3 Å². The molecule has 1 unspecified atom stereocenters. The van der Waals surface area contributed by atoms with Gasteiger partial charge in [0.2, 0.25) is 0 Å². The largest absolute Gasteiger partial charge is 0.421 e. The van der Waals surface area contributed by atoms with Crippen molar-refractivity contribution in [2.45, 2.75) is 18.7 Å². The summed E-state index contributed by atoms with van der Waals surface area (Å²) in [6.45, 7) is 0.619. The predicted octanol–water partition coefficient (Wildman–Crippen LogP) is 3.75. The molecule has 96 valence electrons. The van der Waals surface area contributed by atoms with Crippen LogP contribution in [0.1, 0.15) is 12.5 Å². The number of halogens is 4. The van der Waals surface area contributed by atoms with Gasteiger partial charge in [0.25, 0.3) is 0 Å². The summed E-state index contributed by atoms with van der Waals surface area (Å²) in [5.74, 6) is -0.812. The molecule has 0 bridgehead atoms.